The Kier molecular flexibility index (Phi) is 3.87. The third-order valence-electron chi connectivity index (χ3n) is 4.07. The minimum absolute atomic E-state index is 0.714. The summed E-state index contributed by atoms with van der Waals surface area (Å²) in [5.74, 6) is 1.61. The van der Waals surface area contributed by atoms with Crippen molar-refractivity contribution in [3.8, 4) is 17.3 Å². The Bertz CT molecular complexity index is 957. The van der Waals surface area contributed by atoms with Gasteiger partial charge in [-0.05, 0) is 30.7 Å². The number of unbranched alkanes of at least 4 members (excludes halogenated alkanes) is 1. The maximum absolute atomic E-state index is 5.92. The number of pyridine rings is 1. The van der Waals surface area contributed by atoms with E-state index in [2.05, 4.69) is 29.0 Å². The van der Waals surface area contributed by atoms with Gasteiger partial charge in [0.2, 0.25) is 0 Å². The highest BCUT2D eigenvalue weighted by atomic mass is 16.5. The van der Waals surface area contributed by atoms with E-state index < -0.39 is 0 Å². The van der Waals surface area contributed by atoms with Crippen LogP contribution in [0, 0.1) is 0 Å². The van der Waals surface area contributed by atoms with Gasteiger partial charge in [-0.25, -0.2) is 9.97 Å². The van der Waals surface area contributed by atoms with Crippen molar-refractivity contribution in [1.29, 1.82) is 0 Å². The Morgan fingerprint density at radius 2 is 1.88 bits per heavy atom. The maximum atomic E-state index is 5.92. The summed E-state index contributed by atoms with van der Waals surface area (Å²) in [7, 11) is 0. The lowest BCUT2D eigenvalue weighted by Crippen LogP contribution is -1.98. The Hall–Kier alpha value is -2.88. The molecule has 0 amide bonds. The van der Waals surface area contributed by atoms with E-state index in [9.17, 15) is 0 Å². The molecule has 0 fully saturated rings. The summed E-state index contributed by atoms with van der Waals surface area (Å²) in [6.07, 6.45) is 2.15. The van der Waals surface area contributed by atoms with Crippen LogP contribution in [0.4, 0.5) is 0 Å². The third-order valence-corrected chi connectivity index (χ3v) is 4.07. The summed E-state index contributed by atoms with van der Waals surface area (Å²) in [5, 5.41) is 1.07. The van der Waals surface area contributed by atoms with E-state index >= 15 is 0 Å². The van der Waals surface area contributed by atoms with Crippen LogP contribution in [0.5, 0.6) is 5.75 Å². The van der Waals surface area contributed by atoms with E-state index in [0.717, 1.165) is 52.0 Å². The maximum Gasteiger partial charge on any atom is 0.157 e. The fourth-order valence-electron chi connectivity index (χ4n) is 2.77. The molecule has 4 nitrogen and oxygen atoms in total. The Morgan fingerprint density at radius 1 is 0.958 bits per heavy atom. The van der Waals surface area contributed by atoms with Crippen LogP contribution in [0.25, 0.3) is 33.5 Å². The molecule has 4 rings (SSSR count). The highest BCUT2D eigenvalue weighted by Crippen LogP contribution is 2.27. The van der Waals surface area contributed by atoms with Crippen LogP contribution in [0.15, 0.2) is 54.6 Å². The number of imidazole rings is 1. The number of ether oxygens (including phenoxy) is 1. The number of hydrogen-bond acceptors (Lipinski definition) is 3. The van der Waals surface area contributed by atoms with E-state index in [1.165, 1.54) is 0 Å². The van der Waals surface area contributed by atoms with Gasteiger partial charge < -0.3 is 9.72 Å². The molecule has 1 N–H and O–H groups in total. The average Bonchev–Trinajstić information content (AvgIpc) is 3.06. The molecule has 0 bridgehead atoms. The predicted molar refractivity (Wildman–Crippen MR) is 97.2 cm³/mol. The topological polar surface area (TPSA) is 50.8 Å². The number of nitrogens with one attached hydrogen (secondary N) is 1. The normalized spacial score (nSPS) is 11.2. The van der Waals surface area contributed by atoms with Crippen molar-refractivity contribution in [2.45, 2.75) is 19.8 Å². The molecule has 0 aliphatic heterocycles. The van der Waals surface area contributed by atoms with Crippen LogP contribution in [0.2, 0.25) is 0 Å². The second-order valence-corrected chi connectivity index (χ2v) is 5.83. The quantitative estimate of drug-likeness (QED) is 0.529. The molecule has 0 unspecified atom stereocenters. The van der Waals surface area contributed by atoms with Crippen molar-refractivity contribution in [2.75, 3.05) is 6.61 Å². The van der Waals surface area contributed by atoms with Gasteiger partial charge in [-0.3, -0.25) is 0 Å². The zero-order valence-corrected chi connectivity index (χ0v) is 13.6. The lowest BCUT2D eigenvalue weighted by atomic mass is 10.2. The van der Waals surface area contributed by atoms with E-state index in [1.807, 2.05) is 42.5 Å². The molecule has 120 valence electrons. The number of hydrogen-bond donors (Lipinski definition) is 1. The zero-order chi connectivity index (χ0) is 16.4. The smallest absolute Gasteiger partial charge is 0.157 e. The van der Waals surface area contributed by atoms with Gasteiger partial charge in [0.15, 0.2) is 5.82 Å². The molecular formula is C20H19N3O. The van der Waals surface area contributed by atoms with Gasteiger partial charge in [0, 0.05) is 5.39 Å². The van der Waals surface area contributed by atoms with Crippen molar-refractivity contribution in [3.05, 3.63) is 54.6 Å². The number of aromatic nitrogens is 3. The first-order chi connectivity index (χ1) is 11.8. The molecule has 2 aromatic carbocycles. The zero-order valence-electron chi connectivity index (χ0n) is 13.6. The minimum atomic E-state index is 0.714. The van der Waals surface area contributed by atoms with Gasteiger partial charge in [0.05, 0.1) is 17.6 Å². The van der Waals surface area contributed by atoms with Crippen LogP contribution in [-0.2, 0) is 0 Å². The summed E-state index contributed by atoms with van der Waals surface area (Å²) in [5.41, 5.74) is 3.67. The molecule has 0 atom stereocenters. The van der Waals surface area contributed by atoms with Crippen molar-refractivity contribution in [3.63, 3.8) is 0 Å². The second-order valence-electron chi connectivity index (χ2n) is 5.83. The molecule has 2 aromatic heterocycles. The van der Waals surface area contributed by atoms with E-state index in [-0.39, 0.29) is 0 Å². The number of rotatable bonds is 5. The lowest BCUT2D eigenvalue weighted by Gasteiger charge is -2.09. The molecule has 0 aliphatic rings. The van der Waals surface area contributed by atoms with Gasteiger partial charge in [-0.2, -0.15) is 0 Å². The van der Waals surface area contributed by atoms with E-state index in [0.29, 0.717) is 6.61 Å². The second kappa shape index (κ2) is 6.32. The van der Waals surface area contributed by atoms with Gasteiger partial charge in [0.25, 0.3) is 0 Å². The summed E-state index contributed by atoms with van der Waals surface area (Å²) in [6.45, 7) is 2.87. The molecule has 2 heterocycles. The molecule has 4 aromatic rings. The largest absolute Gasteiger partial charge is 0.491 e. The van der Waals surface area contributed by atoms with E-state index in [1.54, 1.807) is 0 Å². The Balaban J connectivity index is 1.77. The first-order valence-electron chi connectivity index (χ1n) is 8.33. The lowest BCUT2D eigenvalue weighted by molar-refractivity contribution is 0.312. The average molecular weight is 317 g/mol. The van der Waals surface area contributed by atoms with Crippen LogP contribution < -0.4 is 4.74 Å². The predicted octanol–water partition coefficient (Wildman–Crippen LogP) is 4.96. The fourth-order valence-corrected chi connectivity index (χ4v) is 2.77. The standard InChI is InChI=1S/C20H19N3O/c1-2-3-13-24-18-10-6-7-14-11-12-17(21-19(14)18)20-22-15-8-4-5-9-16(15)23-20/h4-12H,2-3,13H2,1H3,(H,22,23). The van der Waals surface area contributed by atoms with Gasteiger partial charge >= 0.3 is 0 Å². The highest BCUT2D eigenvalue weighted by molar-refractivity contribution is 5.87. The number of benzene rings is 2. The first kappa shape index (κ1) is 14.7. The van der Waals surface area contributed by atoms with Gasteiger partial charge in [-0.1, -0.05) is 43.7 Å². The summed E-state index contributed by atoms with van der Waals surface area (Å²) in [4.78, 5) is 12.8. The van der Waals surface area contributed by atoms with Crippen molar-refractivity contribution in [2.24, 2.45) is 0 Å². The number of H-pyrrole nitrogens is 1. The monoisotopic (exact) mass is 317 g/mol. The SMILES string of the molecule is CCCCOc1cccc2ccc(-c3nc4ccccc4[nH]3)nc12. The minimum Gasteiger partial charge on any atom is -0.491 e. The van der Waals surface area contributed by atoms with Gasteiger partial charge in [-0.15, -0.1) is 0 Å². The van der Waals surface area contributed by atoms with Crippen LogP contribution in [0.1, 0.15) is 19.8 Å². The Labute approximate surface area is 140 Å². The molecule has 4 heteroatoms. The highest BCUT2D eigenvalue weighted by Gasteiger charge is 2.09. The van der Waals surface area contributed by atoms with Crippen molar-refractivity contribution >= 4 is 21.9 Å². The van der Waals surface area contributed by atoms with Crippen LogP contribution in [-0.4, -0.2) is 21.6 Å². The fraction of sp³-hybridized carbons (Fsp3) is 0.200. The Morgan fingerprint density at radius 3 is 2.75 bits per heavy atom. The van der Waals surface area contributed by atoms with E-state index in [4.69, 9.17) is 9.72 Å². The van der Waals surface area contributed by atoms with Crippen molar-refractivity contribution < 1.29 is 4.74 Å². The molecule has 0 radical (unpaired) electrons. The summed E-state index contributed by atoms with van der Waals surface area (Å²) in [6, 6.07) is 18.1. The summed E-state index contributed by atoms with van der Waals surface area (Å²) >= 11 is 0. The molecule has 0 saturated heterocycles. The summed E-state index contributed by atoms with van der Waals surface area (Å²) < 4.78 is 5.92. The molecule has 0 spiro atoms. The molecule has 24 heavy (non-hydrogen) atoms. The number of para-hydroxylation sites is 3. The first-order valence-corrected chi connectivity index (χ1v) is 8.33. The molecular weight excluding hydrogens is 298 g/mol. The number of fused-ring (bicyclic) bond motifs is 2. The van der Waals surface area contributed by atoms with Gasteiger partial charge in [0.1, 0.15) is 17.0 Å². The molecule has 0 aliphatic carbocycles. The molecule has 0 saturated carbocycles. The third kappa shape index (κ3) is 2.71. The number of aromatic amines is 1. The van der Waals surface area contributed by atoms with Crippen LogP contribution in [0.3, 0.4) is 0 Å². The number of nitrogens with zero attached hydrogens (tertiary/aromatic N) is 2. The van der Waals surface area contributed by atoms with Crippen molar-refractivity contribution in [1.82, 2.24) is 15.0 Å². The van der Waals surface area contributed by atoms with Crippen LogP contribution >= 0.6 is 0 Å².